The Bertz CT molecular complexity index is 690. The molecule has 0 unspecified atom stereocenters. The van der Waals surface area contributed by atoms with E-state index < -0.39 is 0 Å². The Morgan fingerprint density at radius 3 is 2.67 bits per heavy atom. The fraction of sp³-hybridized carbons (Fsp3) is 0.444. The third kappa shape index (κ3) is 5.23. The van der Waals surface area contributed by atoms with Crippen LogP contribution in [0.5, 0.6) is 0 Å². The molecule has 0 fully saturated rings. The Hall–Kier alpha value is -2.08. The second-order valence-electron chi connectivity index (χ2n) is 5.85. The van der Waals surface area contributed by atoms with Crippen molar-refractivity contribution in [2.75, 3.05) is 25.5 Å². The molecule has 24 heavy (non-hydrogen) atoms. The summed E-state index contributed by atoms with van der Waals surface area (Å²) in [6, 6.07) is 8.45. The number of nitrogens with one attached hydrogen (secondary N) is 2. The van der Waals surface area contributed by atoms with Crippen LogP contribution >= 0.6 is 11.3 Å². The zero-order valence-corrected chi connectivity index (χ0v) is 16.0. The molecule has 1 aromatic heterocycles. The van der Waals surface area contributed by atoms with Gasteiger partial charge in [-0.3, -0.25) is 0 Å². The van der Waals surface area contributed by atoms with Gasteiger partial charge in [-0.1, -0.05) is 12.1 Å². The maximum Gasteiger partial charge on any atom is 0.191 e. The van der Waals surface area contributed by atoms with Gasteiger partial charge in [-0.2, -0.15) is 0 Å². The quantitative estimate of drug-likeness (QED) is 0.624. The van der Waals surface area contributed by atoms with Crippen molar-refractivity contribution in [2.24, 2.45) is 4.99 Å². The summed E-state index contributed by atoms with van der Waals surface area (Å²) in [5.74, 6) is 0.832. The van der Waals surface area contributed by atoms with Crippen molar-refractivity contribution in [1.82, 2.24) is 15.6 Å². The molecule has 0 aliphatic rings. The van der Waals surface area contributed by atoms with Crippen molar-refractivity contribution >= 4 is 23.0 Å². The van der Waals surface area contributed by atoms with Gasteiger partial charge in [0.1, 0.15) is 0 Å². The maximum absolute atomic E-state index is 4.70. The smallest absolute Gasteiger partial charge is 0.191 e. The lowest BCUT2D eigenvalue weighted by Crippen LogP contribution is -2.36. The zero-order valence-electron chi connectivity index (χ0n) is 15.2. The molecule has 0 bridgehead atoms. The van der Waals surface area contributed by atoms with Crippen molar-refractivity contribution in [1.29, 1.82) is 0 Å². The minimum Gasteiger partial charge on any atom is -0.378 e. The average Bonchev–Trinajstić information content (AvgIpc) is 2.88. The number of aliphatic imine (C=N–C) groups is 1. The Morgan fingerprint density at radius 1 is 1.25 bits per heavy atom. The van der Waals surface area contributed by atoms with E-state index in [9.17, 15) is 0 Å². The van der Waals surface area contributed by atoms with Gasteiger partial charge in [0.05, 0.1) is 23.8 Å². The van der Waals surface area contributed by atoms with Gasteiger partial charge in [-0.25, -0.2) is 9.98 Å². The van der Waals surface area contributed by atoms with Crippen molar-refractivity contribution in [3.63, 3.8) is 0 Å². The van der Waals surface area contributed by atoms with Crippen molar-refractivity contribution in [3.05, 3.63) is 45.4 Å². The lowest BCUT2D eigenvalue weighted by Gasteiger charge is -2.14. The first-order chi connectivity index (χ1) is 11.5. The number of benzene rings is 1. The first-order valence-electron chi connectivity index (χ1n) is 8.21. The highest BCUT2D eigenvalue weighted by Gasteiger charge is 2.06. The number of anilines is 1. The number of guanidine groups is 1. The van der Waals surface area contributed by atoms with Gasteiger partial charge < -0.3 is 15.5 Å². The summed E-state index contributed by atoms with van der Waals surface area (Å²) in [5, 5.41) is 7.80. The highest BCUT2D eigenvalue weighted by Crippen LogP contribution is 2.16. The molecule has 2 N–H and O–H groups in total. The summed E-state index contributed by atoms with van der Waals surface area (Å²) in [6.07, 6.45) is 0. The molecule has 6 heteroatoms. The van der Waals surface area contributed by atoms with Gasteiger partial charge in [0.2, 0.25) is 0 Å². The molecule has 1 heterocycles. The third-order valence-corrected chi connectivity index (χ3v) is 4.68. The van der Waals surface area contributed by atoms with Crippen LogP contribution in [0.2, 0.25) is 0 Å². The number of aryl methyl sites for hydroxylation is 2. The van der Waals surface area contributed by atoms with Crippen LogP contribution in [0, 0.1) is 13.8 Å². The fourth-order valence-electron chi connectivity index (χ4n) is 2.35. The van der Waals surface area contributed by atoms with Crippen LogP contribution < -0.4 is 15.5 Å². The molecule has 0 aliphatic carbocycles. The van der Waals surface area contributed by atoms with E-state index in [1.807, 2.05) is 21.0 Å². The van der Waals surface area contributed by atoms with Crippen LogP contribution in [0.25, 0.3) is 0 Å². The first-order valence-corrected chi connectivity index (χ1v) is 9.02. The van der Waals surface area contributed by atoms with Crippen molar-refractivity contribution in [2.45, 2.75) is 33.9 Å². The second kappa shape index (κ2) is 8.68. The molecule has 0 atom stereocenters. The van der Waals surface area contributed by atoms with E-state index in [0.717, 1.165) is 29.8 Å². The first kappa shape index (κ1) is 18.3. The molecule has 0 aliphatic heterocycles. The van der Waals surface area contributed by atoms with Gasteiger partial charge in [-0.15, -0.1) is 11.3 Å². The number of nitrogens with zero attached hydrogens (tertiary/aromatic N) is 3. The molecule has 0 spiro atoms. The molecule has 130 valence electrons. The van der Waals surface area contributed by atoms with Crippen molar-refractivity contribution < 1.29 is 0 Å². The highest BCUT2D eigenvalue weighted by atomic mass is 32.1. The molecule has 0 saturated carbocycles. The van der Waals surface area contributed by atoms with Crippen LogP contribution in [0.15, 0.2) is 29.3 Å². The summed E-state index contributed by atoms with van der Waals surface area (Å²) in [7, 11) is 4.10. The predicted molar refractivity (Wildman–Crippen MR) is 104 cm³/mol. The van der Waals surface area contributed by atoms with Crippen LogP contribution in [-0.2, 0) is 13.1 Å². The third-order valence-electron chi connectivity index (χ3n) is 3.61. The number of hydrogen-bond donors (Lipinski definition) is 2. The second-order valence-corrected chi connectivity index (χ2v) is 7.14. The van der Waals surface area contributed by atoms with E-state index in [-0.39, 0.29) is 0 Å². The molecular formula is C18H27N5S. The van der Waals surface area contributed by atoms with E-state index >= 15 is 0 Å². The Morgan fingerprint density at radius 2 is 2.04 bits per heavy atom. The Kier molecular flexibility index (Phi) is 6.61. The predicted octanol–water partition coefficient (Wildman–Crippen LogP) is 3.08. The minimum absolute atomic E-state index is 0.651. The van der Waals surface area contributed by atoms with E-state index in [1.165, 1.54) is 16.1 Å². The van der Waals surface area contributed by atoms with Gasteiger partial charge in [0, 0.05) is 31.2 Å². The van der Waals surface area contributed by atoms with E-state index in [4.69, 9.17) is 4.99 Å². The molecule has 2 rings (SSSR count). The highest BCUT2D eigenvalue weighted by molar-refractivity contribution is 7.11. The van der Waals surface area contributed by atoms with E-state index in [0.29, 0.717) is 6.54 Å². The van der Waals surface area contributed by atoms with Gasteiger partial charge >= 0.3 is 0 Å². The van der Waals surface area contributed by atoms with Crippen molar-refractivity contribution in [3.8, 4) is 0 Å². The summed E-state index contributed by atoms with van der Waals surface area (Å²) in [4.78, 5) is 12.5. The lowest BCUT2D eigenvalue weighted by molar-refractivity contribution is 0.818. The number of rotatable bonds is 6. The van der Waals surface area contributed by atoms with Gasteiger partial charge in [0.15, 0.2) is 5.96 Å². The number of hydrogen-bond acceptors (Lipinski definition) is 4. The fourth-order valence-corrected chi connectivity index (χ4v) is 3.22. The summed E-state index contributed by atoms with van der Waals surface area (Å²) >= 11 is 1.73. The topological polar surface area (TPSA) is 52.6 Å². The minimum atomic E-state index is 0.651. The maximum atomic E-state index is 4.70. The van der Waals surface area contributed by atoms with Gasteiger partial charge in [-0.05, 0) is 38.5 Å². The average molecular weight is 346 g/mol. The largest absolute Gasteiger partial charge is 0.378 e. The molecule has 0 saturated heterocycles. The molecular weight excluding hydrogens is 318 g/mol. The lowest BCUT2D eigenvalue weighted by atomic mass is 10.2. The zero-order chi connectivity index (χ0) is 17.5. The Balaban J connectivity index is 2.02. The number of aromatic nitrogens is 1. The number of thiazole rings is 1. The van der Waals surface area contributed by atoms with Crippen LogP contribution in [-0.4, -0.2) is 31.6 Å². The van der Waals surface area contributed by atoms with Crippen LogP contribution in [0.1, 0.15) is 28.1 Å². The Labute approximate surface area is 148 Å². The normalized spacial score (nSPS) is 11.5. The summed E-state index contributed by atoms with van der Waals surface area (Å²) < 4.78 is 0. The standard InChI is InChI=1S/C18H27N5S/c1-6-19-18(21-12-17-13(2)22-14(3)24-17)20-11-15-8-7-9-16(10-15)23(4)5/h7-10H,6,11-12H2,1-5H3,(H2,19,20,21). The molecule has 1 aromatic carbocycles. The van der Waals surface area contributed by atoms with E-state index in [1.54, 1.807) is 11.3 Å². The van der Waals surface area contributed by atoms with Crippen LogP contribution in [0.4, 0.5) is 5.69 Å². The summed E-state index contributed by atoms with van der Waals surface area (Å²) in [6.45, 7) is 8.41. The van der Waals surface area contributed by atoms with E-state index in [2.05, 4.69) is 58.6 Å². The molecule has 5 nitrogen and oxygen atoms in total. The summed E-state index contributed by atoms with van der Waals surface area (Å²) in [5.41, 5.74) is 3.49. The van der Waals surface area contributed by atoms with Gasteiger partial charge in [0.25, 0.3) is 0 Å². The SMILES string of the molecule is CCNC(=NCc1cccc(N(C)C)c1)NCc1sc(C)nc1C. The van der Waals surface area contributed by atoms with Crippen LogP contribution in [0.3, 0.4) is 0 Å². The molecule has 2 aromatic rings. The molecule has 0 amide bonds. The monoisotopic (exact) mass is 345 g/mol. The molecule has 0 radical (unpaired) electrons.